The number of methoxy groups -OCH3 is 1. The van der Waals surface area contributed by atoms with Crippen LogP contribution in [0.1, 0.15) is 69.4 Å². The van der Waals surface area contributed by atoms with Gasteiger partial charge in [0.25, 0.3) is 5.91 Å². The van der Waals surface area contributed by atoms with Gasteiger partial charge in [0.05, 0.1) is 7.11 Å². The Labute approximate surface area is 239 Å². The van der Waals surface area contributed by atoms with Gasteiger partial charge in [-0.15, -0.1) is 11.3 Å². The topological polar surface area (TPSA) is 105 Å². The average molecular weight is 567 g/mol. The summed E-state index contributed by atoms with van der Waals surface area (Å²) in [6.07, 6.45) is 7.14. The van der Waals surface area contributed by atoms with Gasteiger partial charge in [0.1, 0.15) is 18.2 Å². The Bertz CT molecular complexity index is 1300. The molecule has 2 heterocycles. The number of carbonyl (C=O) groups excluding carboxylic acids is 3. The maximum Gasteiger partial charge on any atom is 0.329 e. The SMILES string of the molecule is COc1cc(/C=C/C(=O)NC(C(=O)N2CCCC2C(=O)O[C@@H]2CC3CCC2(C)C3(C)C)c2cccs2)ccc1O. The summed E-state index contributed by atoms with van der Waals surface area (Å²) in [5, 5.41) is 14.5. The highest BCUT2D eigenvalue weighted by atomic mass is 32.1. The number of phenols is 1. The van der Waals surface area contributed by atoms with Crippen LogP contribution in [0.5, 0.6) is 11.5 Å². The summed E-state index contributed by atoms with van der Waals surface area (Å²) in [7, 11) is 1.45. The minimum absolute atomic E-state index is 0.00408. The van der Waals surface area contributed by atoms with Gasteiger partial charge in [0, 0.05) is 22.9 Å². The predicted molar refractivity (Wildman–Crippen MR) is 153 cm³/mol. The van der Waals surface area contributed by atoms with E-state index in [0.29, 0.717) is 41.5 Å². The Morgan fingerprint density at radius 2 is 2.00 bits per heavy atom. The van der Waals surface area contributed by atoms with E-state index in [1.165, 1.54) is 37.0 Å². The van der Waals surface area contributed by atoms with Gasteiger partial charge in [0.2, 0.25) is 5.91 Å². The smallest absolute Gasteiger partial charge is 0.329 e. The first-order valence-corrected chi connectivity index (χ1v) is 14.8. The molecular formula is C31H38N2O6S. The summed E-state index contributed by atoms with van der Waals surface area (Å²) in [4.78, 5) is 42.6. The second-order valence-electron chi connectivity index (χ2n) is 11.9. The number of aromatic hydroxyl groups is 1. The first kappa shape index (κ1) is 28.2. The fourth-order valence-electron chi connectivity index (χ4n) is 6.84. The van der Waals surface area contributed by atoms with Crippen LogP contribution in [0.3, 0.4) is 0 Å². The Morgan fingerprint density at radius 3 is 2.65 bits per heavy atom. The van der Waals surface area contributed by atoms with E-state index in [-0.39, 0.29) is 34.6 Å². The number of fused-ring (bicyclic) bond motifs is 2. The summed E-state index contributed by atoms with van der Waals surface area (Å²) in [6.45, 7) is 7.24. The van der Waals surface area contributed by atoms with Crippen LogP contribution in [-0.2, 0) is 19.1 Å². The average Bonchev–Trinajstić information content (AvgIpc) is 3.71. The molecule has 0 radical (unpaired) electrons. The molecule has 2 aliphatic carbocycles. The van der Waals surface area contributed by atoms with Gasteiger partial charge in [-0.1, -0.05) is 32.9 Å². The molecular weight excluding hydrogens is 528 g/mol. The Morgan fingerprint density at radius 1 is 1.20 bits per heavy atom. The molecule has 214 valence electrons. The van der Waals surface area contributed by atoms with Gasteiger partial charge < -0.3 is 24.8 Å². The second-order valence-corrected chi connectivity index (χ2v) is 12.9. The molecule has 1 saturated heterocycles. The van der Waals surface area contributed by atoms with E-state index in [1.54, 1.807) is 23.1 Å². The lowest BCUT2D eigenvalue weighted by atomic mass is 9.70. The summed E-state index contributed by atoms with van der Waals surface area (Å²) >= 11 is 1.38. The number of esters is 1. The Balaban J connectivity index is 1.29. The molecule has 1 aliphatic heterocycles. The van der Waals surface area contributed by atoms with Gasteiger partial charge in [-0.3, -0.25) is 9.59 Å². The van der Waals surface area contributed by atoms with Gasteiger partial charge in [-0.2, -0.15) is 0 Å². The zero-order chi connectivity index (χ0) is 28.7. The minimum atomic E-state index is -0.918. The summed E-state index contributed by atoms with van der Waals surface area (Å²) in [6, 6.07) is 6.82. The highest BCUT2D eigenvalue weighted by Gasteiger charge is 2.63. The van der Waals surface area contributed by atoms with Crippen molar-refractivity contribution in [3.63, 3.8) is 0 Å². The van der Waals surface area contributed by atoms with Crippen LogP contribution in [0, 0.1) is 16.7 Å². The van der Waals surface area contributed by atoms with Crippen molar-refractivity contribution in [2.75, 3.05) is 13.7 Å². The highest BCUT2D eigenvalue weighted by molar-refractivity contribution is 7.10. The quantitative estimate of drug-likeness (QED) is 0.341. The molecule has 2 saturated carbocycles. The monoisotopic (exact) mass is 566 g/mol. The molecule has 9 heteroatoms. The number of likely N-dealkylation sites (tertiary alicyclic amines) is 1. The zero-order valence-electron chi connectivity index (χ0n) is 23.5. The van der Waals surface area contributed by atoms with E-state index in [1.807, 2.05) is 17.5 Å². The first-order valence-electron chi connectivity index (χ1n) is 13.9. The van der Waals surface area contributed by atoms with Crippen LogP contribution in [0.2, 0.25) is 0 Å². The van der Waals surface area contributed by atoms with Crippen LogP contribution in [0.4, 0.5) is 0 Å². The molecule has 1 aromatic carbocycles. The van der Waals surface area contributed by atoms with E-state index in [0.717, 1.165) is 12.8 Å². The van der Waals surface area contributed by atoms with E-state index in [9.17, 15) is 19.5 Å². The lowest BCUT2D eigenvalue weighted by molar-refractivity contribution is -0.165. The molecule has 40 heavy (non-hydrogen) atoms. The van der Waals surface area contributed by atoms with Gasteiger partial charge >= 0.3 is 5.97 Å². The number of nitrogens with one attached hydrogen (secondary N) is 1. The number of thiophene rings is 1. The normalized spacial score (nSPS) is 27.6. The van der Waals surface area contributed by atoms with Crippen molar-refractivity contribution in [2.24, 2.45) is 16.7 Å². The fourth-order valence-corrected chi connectivity index (χ4v) is 7.61. The molecule has 3 fully saturated rings. The third-order valence-electron chi connectivity index (χ3n) is 9.77. The molecule has 2 N–H and O–H groups in total. The molecule has 5 atom stereocenters. The molecule has 4 unspecified atom stereocenters. The summed E-state index contributed by atoms with van der Waals surface area (Å²) < 4.78 is 11.3. The van der Waals surface area contributed by atoms with E-state index >= 15 is 0 Å². The van der Waals surface area contributed by atoms with Gasteiger partial charge in [0.15, 0.2) is 11.5 Å². The standard InChI is InChI=1S/C31H38N2O6S/c1-30(2)20-13-14-31(30,3)25(18-20)39-29(37)21-7-5-15-33(21)28(36)27(24-8-6-16-40-24)32-26(35)12-10-19-9-11-22(34)23(17-19)38-4/h6,8-12,16-17,20-21,25,27,34H,5,7,13-15,18H2,1-4H3,(H,32,35)/b12-10+/t20?,21?,25-,27?,31?/m1/s1. The number of rotatable bonds is 8. The van der Waals surface area contributed by atoms with Crippen molar-refractivity contribution in [1.29, 1.82) is 0 Å². The van der Waals surface area contributed by atoms with Crippen LogP contribution >= 0.6 is 11.3 Å². The maximum atomic E-state index is 13.9. The molecule has 2 aromatic rings. The molecule has 2 amide bonds. The van der Waals surface area contributed by atoms with Crippen molar-refractivity contribution in [1.82, 2.24) is 10.2 Å². The molecule has 3 aliphatic rings. The predicted octanol–water partition coefficient (Wildman–Crippen LogP) is 5.08. The van der Waals surface area contributed by atoms with Crippen LogP contribution < -0.4 is 10.1 Å². The highest BCUT2D eigenvalue weighted by Crippen LogP contribution is 2.66. The number of nitrogens with zero attached hydrogens (tertiary/aromatic N) is 1. The Kier molecular flexibility index (Phi) is 7.70. The second kappa shape index (κ2) is 10.9. The number of hydrogen-bond donors (Lipinski definition) is 2. The van der Waals surface area contributed by atoms with Gasteiger partial charge in [-0.05, 0) is 78.7 Å². The molecule has 2 bridgehead atoms. The molecule has 0 spiro atoms. The minimum Gasteiger partial charge on any atom is -0.504 e. The Hall–Kier alpha value is -3.33. The van der Waals surface area contributed by atoms with Crippen molar-refractivity contribution in [3.8, 4) is 11.5 Å². The van der Waals surface area contributed by atoms with E-state index in [4.69, 9.17) is 9.47 Å². The van der Waals surface area contributed by atoms with Crippen molar-refractivity contribution < 1.29 is 29.0 Å². The lowest BCUT2D eigenvalue weighted by Gasteiger charge is -2.39. The van der Waals surface area contributed by atoms with Gasteiger partial charge in [-0.25, -0.2) is 4.79 Å². The van der Waals surface area contributed by atoms with Crippen LogP contribution in [-0.4, -0.2) is 53.6 Å². The summed E-state index contributed by atoms with van der Waals surface area (Å²) in [5.41, 5.74) is 0.724. The third kappa shape index (κ3) is 5.00. The molecule has 5 rings (SSSR count). The van der Waals surface area contributed by atoms with Crippen LogP contribution in [0.25, 0.3) is 6.08 Å². The summed E-state index contributed by atoms with van der Waals surface area (Å²) in [5.74, 6) is -0.249. The number of carbonyl (C=O) groups is 3. The van der Waals surface area contributed by atoms with Crippen molar-refractivity contribution in [2.45, 2.75) is 71.1 Å². The van der Waals surface area contributed by atoms with Crippen LogP contribution in [0.15, 0.2) is 41.8 Å². The molecule has 8 nitrogen and oxygen atoms in total. The third-order valence-corrected chi connectivity index (χ3v) is 10.7. The zero-order valence-corrected chi connectivity index (χ0v) is 24.3. The number of phenolic OH excluding ortho intramolecular Hbond substituents is 1. The number of hydrogen-bond acceptors (Lipinski definition) is 7. The lowest BCUT2D eigenvalue weighted by Crippen LogP contribution is -2.49. The fraction of sp³-hybridized carbons (Fsp3) is 0.516. The number of benzene rings is 1. The largest absolute Gasteiger partial charge is 0.504 e. The number of amides is 2. The van der Waals surface area contributed by atoms with E-state index < -0.39 is 18.0 Å². The number of ether oxygens (including phenoxy) is 2. The van der Waals surface area contributed by atoms with Crippen molar-refractivity contribution in [3.05, 3.63) is 52.2 Å². The van der Waals surface area contributed by atoms with E-state index in [2.05, 4.69) is 26.1 Å². The maximum absolute atomic E-state index is 13.9. The van der Waals surface area contributed by atoms with Crippen molar-refractivity contribution >= 4 is 35.2 Å². The molecule has 1 aromatic heterocycles. The first-order chi connectivity index (χ1) is 19.0.